The van der Waals surface area contributed by atoms with E-state index in [1.54, 1.807) is 30.3 Å². The molecule has 0 saturated carbocycles. The van der Waals surface area contributed by atoms with Gasteiger partial charge in [-0.15, -0.1) is 0 Å². The number of hydrogen-bond donors (Lipinski definition) is 0. The lowest BCUT2D eigenvalue weighted by Crippen LogP contribution is -2.50. The molecule has 2 aromatic rings. The number of nitro groups is 1. The summed E-state index contributed by atoms with van der Waals surface area (Å²) in [5, 5.41) is 11.1. The molecule has 1 saturated heterocycles. The van der Waals surface area contributed by atoms with Crippen molar-refractivity contribution in [2.24, 2.45) is 0 Å². The molecule has 0 aromatic heterocycles. The molecule has 12 heteroatoms. The molecule has 1 fully saturated rings. The summed E-state index contributed by atoms with van der Waals surface area (Å²) in [4.78, 5) is 24.3. The third-order valence-corrected chi connectivity index (χ3v) is 7.83. The fraction of sp³-hybridized carbons (Fsp3) is 0.316. The predicted octanol–water partition coefficient (Wildman–Crippen LogP) is 1.29. The molecule has 0 N–H and O–H groups in total. The van der Waals surface area contributed by atoms with Crippen LogP contribution in [0.5, 0.6) is 0 Å². The van der Waals surface area contributed by atoms with Gasteiger partial charge in [-0.25, -0.2) is 16.8 Å². The first kappa shape index (κ1) is 22.8. The van der Waals surface area contributed by atoms with E-state index in [2.05, 4.69) is 0 Å². The molecule has 10 nitrogen and oxygen atoms in total. The van der Waals surface area contributed by atoms with Crippen molar-refractivity contribution >= 4 is 31.5 Å². The van der Waals surface area contributed by atoms with E-state index in [9.17, 15) is 31.7 Å². The highest BCUT2D eigenvalue weighted by Crippen LogP contribution is 2.23. The summed E-state index contributed by atoms with van der Waals surface area (Å²) in [7, 11) is -7.33. The van der Waals surface area contributed by atoms with Gasteiger partial charge in [0.05, 0.1) is 15.6 Å². The Kier molecular flexibility index (Phi) is 6.43. The first-order valence-corrected chi connectivity index (χ1v) is 12.8. The first-order chi connectivity index (χ1) is 14.5. The highest BCUT2D eigenvalue weighted by Gasteiger charge is 2.30. The van der Waals surface area contributed by atoms with Gasteiger partial charge in [0, 0.05) is 50.1 Å². The van der Waals surface area contributed by atoms with Crippen molar-refractivity contribution in [3.8, 4) is 0 Å². The van der Waals surface area contributed by atoms with Crippen molar-refractivity contribution in [3.05, 3.63) is 69.8 Å². The summed E-state index contributed by atoms with van der Waals surface area (Å²) < 4.78 is 50.3. The summed E-state index contributed by atoms with van der Waals surface area (Å²) in [6.07, 6.45) is 0.899. The van der Waals surface area contributed by atoms with Crippen LogP contribution < -0.4 is 0 Å². The van der Waals surface area contributed by atoms with Crippen LogP contribution in [0.2, 0.25) is 0 Å². The average molecular weight is 468 g/mol. The number of carbonyl (C=O) groups is 1. The number of benzene rings is 2. The highest BCUT2D eigenvalue weighted by molar-refractivity contribution is 7.90. The van der Waals surface area contributed by atoms with Crippen LogP contribution in [0.25, 0.3) is 0 Å². The number of rotatable bonds is 6. The Morgan fingerprint density at radius 2 is 1.61 bits per heavy atom. The van der Waals surface area contributed by atoms with E-state index < -0.39 is 36.4 Å². The standard InChI is InChI=1S/C19H21N3O7S2/c1-30(26,27)18-12-16(11-17(13-18)22(24)25)19(23)20-7-9-21(10-8-20)31(28,29)14-15-5-3-2-4-6-15/h2-6,11-13H,7-10,14H2,1H3. The van der Waals surface area contributed by atoms with Gasteiger partial charge in [0.25, 0.3) is 11.6 Å². The lowest BCUT2D eigenvalue weighted by molar-refractivity contribution is -0.385. The SMILES string of the molecule is CS(=O)(=O)c1cc(C(=O)N2CCN(S(=O)(=O)Cc3ccccc3)CC2)cc([N+](=O)[O-])c1. The maximum absolute atomic E-state index is 12.8. The third-order valence-electron chi connectivity index (χ3n) is 4.89. The molecule has 166 valence electrons. The Hall–Kier alpha value is -2.83. The molecule has 1 heterocycles. The van der Waals surface area contributed by atoms with Gasteiger partial charge < -0.3 is 4.90 Å². The maximum atomic E-state index is 12.8. The van der Waals surface area contributed by atoms with Crippen molar-refractivity contribution in [3.63, 3.8) is 0 Å². The third kappa shape index (κ3) is 5.46. The van der Waals surface area contributed by atoms with Gasteiger partial charge in [-0.1, -0.05) is 30.3 Å². The normalized spacial score (nSPS) is 15.6. The molecular weight excluding hydrogens is 446 g/mol. The van der Waals surface area contributed by atoms with Crippen molar-refractivity contribution in [2.45, 2.75) is 10.6 Å². The molecule has 1 amide bonds. The Morgan fingerprint density at radius 3 is 2.16 bits per heavy atom. The number of nitro benzene ring substituents is 1. The molecule has 0 unspecified atom stereocenters. The number of piperazine rings is 1. The summed E-state index contributed by atoms with van der Waals surface area (Å²) in [5.74, 6) is -0.738. The van der Waals surface area contributed by atoms with E-state index in [1.807, 2.05) is 0 Å². The first-order valence-electron chi connectivity index (χ1n) is 9.28. The van der Waals surface area contributed by atoms with Crippen molar-refractivity contribution in [2.75, 3.05) is 32.4 Å². The van der Waals surface area contributed by atoms with E-state index in [0.717, 1.165) is 24.5 Å². The largest absolute Gasteiger partial charge is 0.336 e. The Morgan fingerprint density at radius 1 is 1.00 bits per heavy atom. The number of non-ortho nitro benzene ring substituents is 1. The molecule has 0 bridgehead atoms. The maximum Gasteiger partial charge on any atom is 0.271 e. The van der Waals surface area contributed by atoms with Crippen LogP contribution in [0.4, 0.5) is 5.69 Å². The fourth-order valence-electron chi connectivity index (χ4n) is 3.25. The van der Waals surface area contributed by atoms with Crippen LogP contribution in [0.3, 0.4) is 0 Å². The Bertz CT molecular complexity index is 1200. The van der Waals surface area contributed by atoms with Gasteiger partial charge in [-0.3, -0.25) is 14.9 Å². The summed E-state index contributed by atoms with van der Waals surface area (Å²) in [5.41, 5.74) is 0.0245. The highest BCUT2D eigenvalue weighted by atomic mass is 32.2. The Labute approximate surface area is 180 Å². The number of sulfonamides is 1. The van der Waals surface area contributed by atoms with Gasteiger partial charge in [0.1, 0.15) is 0 Å². The monoisotopic (exact) mass is 467 g/mol. The van der Waals surface area contributed by atoms with E-state index in [0.29, 0.717) is 5.56 Å². The fourth-order valence-corrected chi connectivity index (χ4v) is 5.45. The van der Waals surface area contributed by atoms with Crippen molar-refractivity contribution in [1.82, 2.24) is 9.21 Å². The second kappa shape index (κ2) is 8.73. The molecule has 1 aliphatic heterocycles. The molecule has 3 rings (SSSR count). The Balaban J connectivity index is 1.74. The zero-order valence-electron chi connectivity index (χ0n) is 16.7. The number of nitrogens with zero attached hydrogens (tertiary/aromatic N) is 3. The number of carbonyl (C=O) groups excluding carboxylic acids is 1. The zero-order valence-corrected chi connectivity index (χ0v) is 18.3. The van der Waals surface area contributed by atoms with Gasteiger partial charge >= 0.3 is 0 Å². The second-order valence-electron chi connectivity index (χ2n) is 7.18. The summed E-state index contributed by atoms with van der Waals surface area (Å²) in [6.45, 7) is 0.330. The minimum atomic E-state index is -3.77. The molecule has 2 aromatic carbocycles. The van der Waals surface area contributed by atoms with Gasteiger partial charge in [-0.2, -0.15) is 4.31 Å². The number of sulfone groups is 1. The number of amides is 1. The molecule has 0 radical (unpaired) electrons. The molecule has 31 heavy (non-hydrogen) atoms. The van der Waals surface area contributed by atoms with E-state index >= 15 is 0 Å². The lowest BCUT2D eigenvalue weighted by Gasteiger charge is -2.34. The van der Waals surface area contributed by atoms with Crippen LogP contribution in [0.15, 0.2) is 53.4 Å². The smallest absolute Gasteiger partial charge is 0.271 e. The van der Waals surface area contributed by atoms with Crippen LogP contribution in [-0.4, -0.2) is 69.3 Å². The predicted molar refractivity (Wildman–Crippen MR) is 113 cm³/mol. The summed E-state index contributed by atoms with van der Waals surface area (Å²) in [6, 6.07) is 11.8. The zero-order chi connectivity index (χ0) is 22.8. The molecular formula is C19H21N3O7S2. The van der Waals surface area contributed by atoms with Crippen molar-refractivity contribution in [1.29, 1.82) is 0 Å². The van der Waals surface area contributed by atoms with Crippen LogP contribution in [0.1, 0.15) is 15.9 Å². The minimum absolute atomic E-state index is 0.0781. The quantitative estimate of drug-likeness (QED) is 0.461. The van der Waals surface area contributed by atoms with Crippen LogP contribution in [0, 0.1) is 10.1 Å². The van der Waals surface area contributed by atoms with E-state index in [1.165, 1.54) is 9.21 Å². The van der Waals surface area contributed by atoms with Crippen LogP contribution in [-0.2, 0) is 25.6 Å². The van der Waals surface area contributed by atoms with Gasteiger partial charge in [-0.05, 0) is 11.6 Å². The minimum Gasteiger partial charge on any atom is -0.336 e. The number of hydrogen-bond acceptors (Lipinski definition) is 7. The van der Waals surface area contributed by atoms with Gasteiger partial charge in [0.15, 0.2) is 9.84 Å². The van der Waals surface area contributed by atoms with Crippen molar-refractivity contribution < 1.29 is 26.6 Å². The van der Waals surface area contributed by atoms with E-state index in [4.69, 9.17) is 0 Å². The van der Waals surface area contributed by atoms with Gasteiger partial charge in [0.2, 0.25) is 10.0 Å². The second-order valence-corrected chi connectivity index (χ2v) is 11.2. The molecule has 0 atom stereocenters. The summed E-state index contributed by atoms with van der Waals surface area (Å²) >= 11 is 0. The van der Waals surface area contributed by atoms with E-state index in [-0.39, 0.29) is 42.4 Å². The topological polar surface area (TPSA) is 135 Å². The average Bonchev–Trinajstić information content (AvgIpc) is 2.72. The molecule has 1 aliphatic rings. The lowest BCUT2D eigenvalue weighted by atomic mass is 10.1. The van der Waals surface area contributed by atoms with Crippen LogP contribution >= 0.6 is 0 Å². The molecule has 0 aliphatic carbocycles. The molecule has 0 spiro atoms.